The Balaban J connectivity index is 2.49. The van der Waals surface area contributed by atoms with Crippen LogP contribution in [0.25, 0.3) is 22.9 Å². The van der Waals surface area contributed by atoms with Crippen molar-refractivity contribution in [3.8, 4) is 11.5 Å². The Labute approximate surface area is 107 Å². The van der Waals surface area contributed by atoms with Gasteiger partial charge in [-0.2, -0.15) is 0 Å². The summed E-state index contributed by atoms with van der Waals surface area (Å²) in [6, 6.07) is 2.47. The second-order valence-corrected chi connectivity index (χ2v) is 4.30. The van der Waals surface area contributed by atoms with Gasteiger partial charge in [0, 0.05) is 23.4 Å². The highest BCUT2D eigenvalue weighted by Crippen LogP contribution is 2.33. The van der Waals surface area contributed by atoms with Crippen molar-refractivity contribution in [3.05, 3.63) is 45.7 Å². The largest absolute Gasteiger partial charge is 0.512 e. The molecule has 3 rings (SSSR count). The Morgan fingerprint density at radius 3 is 2.47 bits per heavy atom. The highest BCUT2D eigenvalue weighted by atomic mass is 16.4. The Morgan fingerprint density at radius 1 is 1.05 bits per heavy atom. The van der Waals surface area contributed by atoms with Crippen LogP contribution in [0.1, 0.15) is 17.7 Å². The molecule has 1 heterocycles. The SMILES string of the molecule is O=c1oc2c(c3cc(O)c(O)cc13)C=CCC(O)=C2. The molecule has 1 aromatic carbocycles. The van der Waals surface area contributed by atoms with E-state index in [1.54, 1.807) is 12.2 Å². The van der Waals surface area contributed by atoms with Crippen molar-refractivity contribution >= 4 is 22.9 Å². The van der Waals surface area contributed by atoms with Crippen LogP contribution in [-0.4, -0.2) is 15.3 Å². The molecule has 3 N–H and O–H groups in total. The molecule has 0 radical (unpaired) electrons. The molecule has 96 valence electrons. The molecule has 5 nitrogen and oxygen atoms in total. The Morgan fingerprint density at radius 2 is 1.74 bits per heavy atom. The van der Waals surface area contributed by atoms with Gasteiger partial charge in [0.25, 0.3) is 0 Å². The molecule has 1 aromatic heterocycles. The van der Waals surface area contributed by atoms with E-state index >= 15 is 0 Å². The van der Waals surface area contributed by atoms with E-state index in [2.05, 4.69) is 0 Å². The lowest BCUT2D eigenvalue weighted by molar-refractivity contribution is 0.403. The van der Waals surface area contributed by atoms with Gasteiger partial charge in [-0.15, -0.1) is 0 Å². The number of fused-ring (bicyclic) bond motifs is 3. The van der Waals surface area contributed by atoms with Crippen LogP contribution in [0.4, 0.5) is 0 Å². The van der Waals surface area contributed by atoms with Crippen molar-refractivity contribution in [3.63, 3.8) is 0 Å². The van der Waals surface area contributed by atoms with Gasteiger partial charge in [-0.1, -0.05) is 12.2 Å². The maximum atomic E-state index is 11.8. The molecule has 0 atom stereocenters. The predicted molar refractivity (Wildman–Crippen MR) is 70.1 cm³/mol. The van der Waals surface area contributed by atoms with Crippen LogP contribution >= 0.6 is 0 Å². The normalized spacial score (nSPS) is 14.0. The van der Waals surface area contributed by atoms with Gasteiger partial charge in [0.05, 0.1) is 11.1 Å². The van der Waals surface area contributed by atoms with Crippen molar-refractivity contribution < 1.29 is 19.7 Å². The van der Waals surface area contributed by atoms with E-state index in [1.807, 2.05) is 0 Å². The quantitative estimate of drug-likeness (QED) is 0.631. The van der Waals surface area contributed by atoms with Crippen LogP contribution in [0.3, 0.4) is 0 Å². The number of aliphatic hydroxyl groups is 1. The van der Waals surface area contributed by atoms with Gasteiger partial charge in [-0.3, -0.25) is 0 Å². The van der Waals surface area contributed by atoms with Crippen molar-refractivity contribution in [2.75, 3.05) is 0 Å². The first-order chi connectivity index (χ1) is 9.06. The number of aliphatic hydroxyl groups excluding tert-OH is 1. The average Bonchev–Trinajstić information content (AvgIpc) is 2.53. The molecule has 1 aliphatic rings. The molecule has 0 saturated carbocycles. The van der Waals surface area contributed by atoms with Crippen molar-refractivity contribution in [1.29, 1.82) is 0 Å². The first kappa shape index (κ1) is 11.4. The van der Waals surface area contributed by atoms with Crippen molar-refractivity contribution in [1.82, 2.24) is 0 Å². The average molecular weight is 258 g/mol. The first-order valence-electron chi connectivity index (χ1n) is 5.65. The molecule has 5 heteroatoms. The summed E-state index contributed by atoms with van der Waals surface area (Å²) in [5, 5.41) is 29.2. The lowest BCUT2D eigenvalue weighted by Crippen LogP contribution is -2.03. The molecule has 0 aliphatic heterocycles. The third kappa shape index (κ3) is 1.76. The summed E-state index contributed by atoms with van der Waals surface area (Å²) in [6.45, 7) is 0. The predicted octanol–water partition coefficient (Wildman–Crippen LogP) is 2.52. The van der Waals surface area contributed by atoms with Crippen LogP contribution in [-0.2, 0) is 0 Å². The van der Waals surface area contributed by atoms with E-state index in [1.165, 1.54) is 18.2 Å². The van der Waals surface area contributed by atoms with E-state index in [9.17, 15) is 20.1 Å². The molecule has 0 amide bonds. The summed E-state index contributed by atoms with van der Waals surface area (Å²) in [6.07, 6.45) is 5.14. The number of allylic oxidation sites excluding steroid dienone is 1. The van der Waals surface area contributed by atoms with E-state index in [0.29, 0.717) is 17.4 Å². The van der Waals surface area contributed by atoms with Gasteiger partial charge in [-0.25, -0.2) is 4.79 Å². The third-order valence-electron chi connectivity index (χ3n) is 3.00. The molecular formula is C14H10O5. The summed E-state index contributed by atoms with van der Waals surface area (Å²) in [4.78, 5) is 11.8. The molecular weight excluding hydrogens is 248 g/mol. The first-order valence-corrected chi connectivity index (χ1v) is 5.65. The summed E-state index contributed by atoms with van der Waals surface area (Å²) in [7, 11) is 0. The maximum absolute atomic E-state index is 11.8. The molecule has 0 saturated heterocycles. The van der Waals surface area contributed by atoms with Gasteiger partial charge in [-0.05, 0) is 12.1 Å². The molecule has 2 aromatic rings. The monoisotopic (exact) mass is 258 g/mol. The number of phenolic OH excluding ortho intramolecular Hbond substituents is 2. The Bertz CT molecular complexity index is 796. The molecule has 0 unspecified atom stereocenters. The smallest absolute Gasteiger partial charge is 0.344 e. The zero-order valence-corrected chi connectivity index (χ0v) is 9.75. The van der Waals surface area contributed by atoms with Crippen LogP contribution in [0.5, 0.6) is 11.5 Å². The summed E-state index contributed by atoms with van der Waals surface area (Å²) >= 11 is 0. The number of hydrogen-bond acceptors (Lipinski definition) is 5. The second-order valence-electron chi connectivity index (χ2n) is 4.30. The number of benzene rings is 1. The standard InChI is InChI=1S/C14H10O5/c15-7-2-1-3-8-9-5-11(16)12(17)6-10(9)14(18)19-13(8)4-7/h1,3-6,15-17H,2H2. The van der Waals surface area contributed by atoms with E-state index in [4.69, 9.17) is 4.42 Å². The highest BCUT2D eigenvalue weighted by molar-refractivity contribution is 5.94. The van der Waals surface area contributed by atoms with Gasteiger partial charge in [0.2, 0.25) is 0 Å². The Hall–Kier alpha value is -2.69. The molecule has 0 bridgehead atoms. The van der Waals surface area contributed by atoms with Gasteiger partial charge in [0.15, 0.2) is 11.5 Å². The van der Waals surface area contributed by atoms with Crippen molar-refractivity contribution in [2.45, 2.75) is 6.42 Å². The number of phenols is 2. The Kier molecular flexibility index (Phi) is 2.35. The van der Waals surface area contributed by atoms with Gasteiger partial charge < -0.3 is 19.7 Å². The molecule has 1 aliphatic carbocycles. The van der Waals surface area contributed by atoms with Gasteiger partial charge >= 0.3 is 5.63 Å². The molecule has 0 spiro atoms. The van der Waals surface area contributed by atoms with Crippen LogP contribution in [0, 0.1) is 0 Å². The van der Waals surface area contributed by atoms with E-state index in [-0.39, 0.29) is 28.4 Å². The van der Waals surface area contributed by atoms with Gasteiger partial charge in [0.1, 0.15) is 5.76 Å². The lowest BCUT2D eigenvalue weighted by Gasteiger charge is -2.06. The summed E-state index contributed by atoms with van der Waals surface area (Å²) in [5.41, 5.74) is -0.0580. The van der Waals surface area contributed by atoms with Crippen LogP contribution < -0.4 is 5.63 Å². The fourth-order valence-electron chi connectivity index (χ4n) is 2.10. The topological polar surface area (TPSA) is 90.9 Å². The minimum atomic E-state index is -0.636. The fourth-order valence-corrected chi connectivity index (χ4v) is 2.10. The summed E-state index contributed by atoms with van der Waals surface area (Å²) in [5.74, 6) is -0.378. The lowest BCUT2D eigenvalue weighted by atomic mass is 10.0. The maximum Gasteiger partial charge on any atom is 0.344 e. The number of rotatable bonds is 0. The van der Waals surface area contributed by atoms with E-state index in [0.717, 1.165) is 0 Å². The minimum absolute atomic E-state index is 0.0838. The minimum Gasteiger partial charge on any atom is -0.512 e. The fraction of sp³-hybridized carbons (Fsp3) is 0.0714. The second kappa shape index (κ2) is 3.91. The van der Waals surface area contributed by atoms with E-state index < -0.39 is 5.63 Å². The molecule has 0 fully saturated rings. The number of hydrogen-bond donors (Lipinski definition) is 3. The van der Waals surface area contributed by atoms with Crippen LogP contribution in [0.2, 0.25) is 0 Å². The third-order valence-corrected chi connectivity index (χ3v) is 3.00. The zero-order valence-electron chi connectivity index (χ0n) is 9.75. The van der Waals surface area contributed by atoms with Crippen LogP contribution in [0.15, 0.2) is 33.2 Å². The highest BCUT2D eigenvalue weighted by Gasteiger charge is 2.15. The number of aromatic hydroxyl groups is 2. The van der Waals surface area contributed by atoms with Crippen molar-refractivity contribution in [2.24, 2.45) is 0 Å². The zero-order chi connectivity index (χ0) is 13.6. The summed E-state index contributed by atoms with van der Waals surface area (Å²) < 4.78 is 5.12. The molecule has 19 heavy (non-hydrogen) atoms.